The first-order valence-electron chi connectivity index (χ1n) is 8.28. The molecule has 0 aliphatic rings. The molecule has 0 saturated heterocycles. The second kappa shape index (κ2) is 10.7. The van der Waals surface area contributed by atoms with Crippen LogP contribution in [0.5, 0.6) is 0 Å². The number of halogens is 4. The molecule has 0 aliphatic carbocycles. The number of alkyl halides is 3. The largest absolute Gasteiger partial charge is 0.446 e. The molecule has 0 spiro atoms. The SMILES string of the molecule is C/C(Cl)=C(/C)Cn1ccnc(SCc2ccccc2SC(F)(F)F)[nH]ncc1=O. The third-order valence-corrected chi connectivity index (χ3v) is 5.71. The Balaban J connectivity index is 2.23. The van der Waals surface area contributed by atoms with Crippen LogP contribution in [0.4, 0.5) is 13.2 Å². The van der Waals surface area contributed by atoms with E-state index < -0.39 is 5.51 Å². The van der Waals surface area contributed by atoms with Crippen molar-refractivity contribution in [2.24, 2.45) is 0 Å². The second-order valence-corrected chi connectivity index (χ2v) is 8.46. The molecule has 0 radical (unpaired) electrons. The Morgan fingerprint density at radius 3 is 2.69 bits per heavy atom. The Bertz CT molecular complexity index is 983. The first-order valence-corrected chi connectivity index (χ1v) is 10.5. The lowest BCUT2D eigenvalue weighted by Crippen LogP contribution is -2.17. The molecule has 1 aromatic heterocycles. The normalized spacial score (nSPS) is 12.3. The highest BCUT2D eigenvalue weighted by atomic mass is 35.5. The summed E-state index contributed by atoms with van der Waals surface area (Å²) >= 11 is 6.97. The number of nitrogens with zero attached hydrogens (tertiary/aromatic N) is 3. The average molecular weight is 463 g/mol. The number of hydrogen-bond acceptors (Lipinski definition) is 5. The van der Waals surface area contributed by atoms with E-state index in [-0.39, 0.29) is 34.5 Å². The van der Waals surface area contributed by atoms with Gasteiger partial charge in [-0.25, -0.2) is 4.98 Å². The molecular weight excluding hydrogens is 445 g/mol. The number of hydrogen-bond donors (Lipinski definition) is 1. The summed E-state index contributed by atoms with van der Waals surface area (Å²) in [5.74, 6) is 0.249. The summed E-state index contributed by atoms with van der Waals surface area (Å²) in [5, 5.41) is 7.44. The standard InChI is InChI=1S/C18H18ClF3N4OS2/c1-12(13(2)19)10-26-8-7-23-17(25-24-9-16(26)27)28-11-14-5-3-4-6-15(14)29-18(20,21)22/h3-9H,10-11H2,1-2H3,(H,23,25)/b8-7?,13-12+,24-9?. The Morgan fingerprint density at radius 2 is 2.00 bits per heavy atom. The number of allylic oxidation sites excluding steroid dienone is 2. The van der Waals surface area contributed by atoms with Crippen molar-refractivity contribution in [1.29, 1.82) is 0 Å². The number of benzene rings is 1. The molecule has 5 nitrogen and oxygen atoms in total. The van der Waals surface area contributed by atoms with Gasteiger partial charge in [-0.2, -0.15) is 18.3 Å². The second-order valence-electron chi connectivity index (χ2n) is 5.83. The maximum atomic E-state index is 12.7. The average Bonchev–Trinajstić information content (AvgIpc) is 2.71. The summed E-state index contributed by atoms with van der Waals surface area (Å²) in [7, 11) is 0. The Kier molecular flexibility index (Phi) is 8.66. The molecule has 1 aromatic carbocycles. The van der Waals surface area contributed by atoms with E-state index in [1.165, 1.54) is 34.8 Å². The molecule has 1 heterocycles. The molecule has 0 amide bonds. The van der Waals surface area contributed by atoms with E-state index in [1.54, 1.807) is 25.1 Å². The highest BCUT2D eigenvalue weighted by molar-refractivity contribution is 8.00. The number of rotatable bonds is 6. The van der Waals surface area contributed by atoms with Crippen LogP contribution in [0, 0.1) is 0 Å². The van der Waals surface area contributed by atoms with Gasteiger partial charge in [-0.15, -0.1) is 0 Å². The van der Waals surface area contributed by atoms with Gasteiger partial charge in [0.15, 0.2) is 5.16 Å². The number of aromatic nitrogens is 4. The van der Waals surface area contributed by atoms with E-state index in [0.29, 0.717) is 15.8 Å². The van der Waals surface area contributed by atoms with E-state index in [9.17, 15) is 18.0 Å². The highest BCUT2D eigenvalue weighted by Gasteiger charge is 2.30. The van der Waals surface area contributed by atoms with Crippen LogP contribution in [0.15, 0.2) is 68.3 Å². The molecule has 0 saturated carbocycles. The van der Waals surface area contributed by atoms with E-state index in [2.05, 4.69) is 15.2 Å². The number of aromatic amines is 1. The smallest absolute Gasteiger partial charge is 0.308 e. The van der Waals surface area contributed by atoms with Crippen LogP contribution in [-0.4, -0.2) is 25.3 Å². The summed E-state index contributed by atoms with van der Waals surface area (Å²) in [5.41, 5.74) is -3.38. The molecule has 1 N–H and O–H groups in total. The van der Waals surface area contributed by atoms with Gasteiger partial charge in [0.25, 0.3) is 5.56 Å². The minimum atomic E-state index is -4.36. The monoisotopic (exact) mass is 462 g/mol. The van der Waals surface area contributed by atoms with Gasteiger partial charge in [0.1, 0.15) is 6.20 Å². The molecule has 2 rings (SSSR count). The van der Waals surface area contributed by atoms with Crippen LogP contribution in [0.25, 0.3) is 0 Å². The van der Waals surface area contributed by atoms with Crippen LogP contribution < -0.4 is 5.56 Å². The summed E-state index contributed by atoms with van der Waals surface area (Å²) < 4.78 is 39.6. The van der Waals surface area contributed by atoms with Crippen molar-refractivity contribution in [3.63, 3.8) is 0 Å². The van der Waals surface area contributed by atoms with E-state index >= 15 is 0 Å². The molecular formula is C18H18ClF3N4OS2. The zero-order valence-electron chi connectivity index (χ0n) is 15.5. The van der Waals surface area contributed by atoms with Crippen LogP contribution >= 0.6 is 35.1 Å². The number of nitrogens with one attached hydrogen (secondary N) is 1. The predicted octanol–water partition coefficient (Wildman–Crippen LogP) is 5.53. The minimum absolute atomic E-state index is 0.135. The Morgan fingerprint density at radius 1 is 1.28 bits per heavy atom. The van der Waals surface area contributed by atoms with Crippen LogP contribution in [0.3, 0.4) is 0 Å². The number of H-pyrrole nitrogens is 1. The molecule has 0 aliphatic heterocycles. The Labute approximate surface area is 179 Å². The maximum Gasteiger partial charge on any atom is 0.446 e. The third-order valence-electron chi connectivity index (χ3n) is 3.61. The van der Waals surface area contributed by atoms with E-state index in [1.807, 2.05) is 6.92 Å². The van der Waals surface area contributed by atoms with Gasteiger partial charge in [0.05, 0.1) is 0 Å². The summed E-state index contributed by atoms with van der Waals surface area (Å²) in [4.78, 5) is 16.5. The quantitative estimate of drug-likeness (QED) is 0.572. The zero-order valence-corrected chi connectivity index (χ0v) is 17.9. The van der Waals surface area contributed by atoms with Gasteiger partial charge in [-0.05, 0) is 42.8 Å². The fraction of sp³-hybridized carbons (Fsp3) is 0.278. The molecule has 156 valence electrons. The van der Waals surface area contributed by atoms with Gasteiger partial charge in [-0.1, -0.05) is 41.6 Å². The van der Waals surface area contributed by atoms with Gasteiger partial charge in [0, 0.05) is 34.6 Å². The zero-order chi connectivity index (χ0) is 21.4. The Hall–Kier alpha value is -1.91. The minimum Gasteiger partial charge on any atom is -0.308 e. The molecule has 0 atom stereocenters. The van der Waals surface area contributed by atoms with Crippen LogP contribution in [-0.2, 0) is 12.3 Å². The van der Waals surface area contributed by atoms with Crippen molar-refractivity contribution in [3.8, 4) is 0 Å². The van der Waals surface area contributed by atoms with Gasteiger partial charge >= 0.3 is 5.51 Å². The van der Waals surface area contributed by atoms with Crippen molar-refractivity contribution in [1.82, 2.24) is 19.7 Å². The van der Waals surface area contributed by atoms with Gasteiger partial charge in [-0.3, -0.25) is 9.89 Å². The first kappa shape index (κ1) is 23.4. The maximum absolute atomic E-state index is 12.7. The molecule has 0 fully saturated rings. The third kappa shape index (κ3) is 8.15. The van der Waals surface area contributed by atoms with Gasteiger partial charge in [0.2, 0.25) is 0 Å². The highest BCUT2D eigenvalue weighted by Crippen LogP contribution is 2.39. The fourth-order valence-corrected chi connectivity index (χ4v) is 3.67. The molecule has 29 heavy (non-hydrogen) atoms. The molecule has 11 heteroatoms. The lowest BCUT2D eigenvalue weighted by Gasteiger charge is -2.10. The van der Waals surface area contributed by atoms with Crippen molar-refractivity contribution in [2.75, 3.05) is 0 Å². The van der Waals surface area contributed by atoms with E-state index in [0.717, 1.165) is 11.8 Å². The lowest BCUT2D eigenvalue weighted by molar-refractivity contribution is -0.0328. The molecule has 0 bridgehead atoms. The topological polar surface area (TPSA) is 63.6 Å². The summed E-state index contributed by atoms with van der Waals surface area (Å²) in [6.45, 7) is 3.84. The molecule has 0 unspecified atom stereocenters. The number of thioether (sulfide) groups is 2. The molecule has 2 aromatic rings. The first-order chi connectivity index (χ1) is 13.7. The predicted molar refractivity (Wildman–Crippen MR) is 110 cm³/mol. The lowest BCUT2D eigenvalue weighted by atomic mass is 10.2. The van der Waals surface area contributed by atoms with Crippen molar-refractivity contribution >= 4 is 35.1 Å². The van der Waals surface area contributed by atoms with Crippen LogP contribution in [0.2, 0.25) is 0 Å². The van der Waals surface area contributed by atoms with Gasteiger partial charge < -0.3 is 4.57 Å². The fourth-order valence-electron chi connectivity index (χ4n) is 2.06. The van der Waals surface area contributed by atoms with Crippen molar-refractivity contribution in [3.05, 3.63) is 69.4 Å². The summed E-state index contributed by atoms with van der Waals surface area (Å²) in [6.07, 6.45) is 4.03. The van der Waals surface area contributed by atoms with E-state index in [4.69, 9.17) is 11.6 Å². The van der Waals surface area contributed by atoms with Crippen molar-refractivity contribution < 1.29 is 13.2 Å². The van der Waals surface area contributed by atoms with Crippen LogP contribution in [0.1, 0.15) is 19.4 Å². The van der Waals surface area contributed by atoms with Crippen molar-refractivity contribution in [2.45, 2.75) is 41.7 Å². The summed E-state index contributed by atoms with van der Waals surface area (Å²) in [6, 6.07) is 6.29.